The smallest absolute Gasteiger partial charge is 0.423 e. The molecular weight excluding hydrogens is 212 g/mol. The molecule has 2 rings (SSSR count). The predicted octanol–water partition coefficient (Wildman–Crippen LogP) is 0.455. The highest BCUT2D eigenvalue weighted by Gasteiger charge is 2.17. The van der Waals surface area contributed by atoms with Gasteiger partial charge in [0, 0.05) is 12.2 Å². The molecule has 0 unspecified atom stereocenters. The molecule has 0 spiro atoms. The van der Waals surface area contributed by atoms with E-state index in [9.17, 15) is 0 Å². The Bertz CT molecular complexity index is 358. The summed E-state index contributed by atoms with van der Waals surface area (Å²) in [6.07, 6.45) is 2.13. The van der Waals surface area contributed by atoms with Crippen LogP contribution in [0.4, 0.5) is 5.69 Å². The molecule has 0 fully saturated rings. The maximum absolute atomic E-state index is 9.08. The quantitative estimate of drug-likeness (QED) is 0.611. The predicted molar refractivity (Wildman–Crippen MR) is 65.1 cm³/mol. The van der Waals surface area contributed by atoms with E-state index in [-0.39, 0.29) is 12.4 Å². The molecular formula is C10H15BClNO2. The minimum atomic E-state index is -1.36. The second-order valence-electron chi connectivity index (χ2n) is 3.78. The molecule has 1 heterocycles. The van der Waals surface area contributed by atoms with Gasteiger partial charge >= 0.3 is 7.12 Å². The number of fused-ring (bicyclic) bond motifs is 1. The van der Waals surface area contributed by atoms with Crippen molar-refractivity contribution in [3.05, 3.63) is 23.3 Å². The first-order chi connectivity index (χ1) is 6.68. The van der Waals surface area contributed by atoms with Crippen LogP contribution in [0.5, 0.6) is 0 Å². The van der Waals surface area contributed by atoms with Gasteiger partial charge in [-0.15, -0.1) is 12.4 Å². The van der Waals surface area contributed by atoms with Gasteiger partial charge in [0.15, 0.2) is 0 Å². The van der Waals surface area contributed by atoms with Gasteiger partial charge in [0.2, 0.25) is 0 Å². The van der Waals surface area contributed by atoms with Gasteiger partial charge in [-0.2, -0.15) is 0 Å². The number of aryl methyl sites for hydroxylation is 2. The van der Waals surface area contributed by atoms with E-state index >= 15 is 0 Å². The molecule has 0 saturated heterocycles. The van der Waals surface area contributed by atoms with E-state index in [0.717, 1.165) is 24.9 Å². The molecule has 1 aliphatic heterocycles. The van der Waals surface area contributed by atoms with Crippen LogP contribution in [0, 0.1) is 6.92 Å². The summed E-state index contributed by atoms with van der Waals surface area (Å²) in [6.45, 7) is 3.00. The average Bonchev–Trinajstić information content (AvgIpc) is 2.17. The normalized spacial score (nSPS) is 13.5. The van der Waals surface area contributed by atoms with E-state index in [0.29, 0.717) is 5.46 Å². The third kappa shape index (κ3) is 2.45. The largest absolute Gasteiger partial charge is 0.488 e. The topological polar surface area (TPSA) is 52.5 Å². The van der Waals surface area contributed by atoms with Crippen molar-refractivity contribution in [2.24, 2.45) is 0 Å². The number of halogens is 1. The van der Waals surface area contributed by atoms with Crippen LogP contribution < -0.4 is 10.8 Å². The van der Waals surface area contributed by atoms with Crippen LogP contribution in [-0.4, -0.2) is 23.7 Å². The van der Waals surface area contributed by atoms with Crippen molar-refractivity contribution < 1.29 is 10.0 Å². The Labute approximate surface area is 96.1 Å². The summed E-state index contributed by atoms with van der Waals surface area (Å²) in [5, 5.41) is 21.5. The summed E-state index contributed by atoms with van der Waals surface area (Å²) in [6, 6.07) is 3.70. The molecule has 15 heavy (non-hydrogen) atoms. The lowest BCUT2D eigenvalue weighted by Gasteiger charge is -2.21. The van der Waals surface area contributed by atoms with Crippen LogP contribution in [0.3, 0.4) is 0 Å². The standard InChI is InChI=1S/C10H14BNO2.ClH/c1-7-5-9(11(13)14)6-8-3-2-4-12-10(7)8;/h5-6,12-14H,2-4H2,1H3;1H. The molecule has 3 N–H and O–H groups in total. The fourth-order valence-corrected chi connectivity index (χ4v) is 1.98. The van der Waals surface area contributed by atoms with Gasteiger partial charge in [-0.25, -0.2) is 0 Å². The van der Waals surface area contributed by atoms with Gasteiger partial charge in [-0.3, -0.25) is 0 Å². The zero-order valence-electron chi connectivity index (χ0n) is 8.66. The Hall–Kier alpha value is -0.705. The molecule has 1 aromatic rings. The molecule has 5 heteroatoms. The summed E-state index contributed by atoms with van der Waals surface area (Å²) in [4.78, 5) is 0. The molecule has 0 atom stereocenters. The Morgan fingerprint density at radius 1 is 1.33 bits per heavy atom. The Morgan fingerprint density at radius 2 is 2.07 bits per heavy atom. The lowest BCUT2D eigenvalue weighted by atomic mass is 9.77. The van der Waals surface area contributed by atoms with Crippen LogP contribution in [0.25, 0.3) is 0 Å². The highest BCUT2D eigenvalue weighted by Crippen LogP contribution is 2.24. The van der Waals surface area contributed by atoms with E-state index in [4.69, 9.17) is 10.0 Å². The third-order valence-corrected chi connectivity index (χ3v) is 2.66. The van der Waals surface area contributed by atoms with Gasteiger partial charge in [0.25, 0.3) is 0 Å². The molecule has 3 nitrogen and oxygen atoms in total. The average molecular weight is 227 g/mol. The van der Waals surface area contributed by atoms with Gasteiger partial charge in [0.1, 0.15) is 0 Å². The van der Waals surface area contributed by atoms with E-state index in [1.54, 1.807) is 0 Å². The minimum absolute atomic E-state index is 0. The van der Waals surface area contributed by atoms with Crippen molar-refractivity contribution in [3.8, 4) is 0 Å². The second kappa shape index (κ2) is 4.88. The van der Waals surface area contributed by atoms with Crippen molar-refractivity contribution in [2.45, 2.75) is 19.8 Å². The van der Waals surface area contributed by atoms with Gasteiger partial charge in [-0.1, -0.05) is 12.1 Å². The fourth-order valence-electron chi connectivity index (χ4n) is 1.98. The molecule has 0 bridgehead atoms. The summed E-state index contributed by atoms with van der Waals surface area (Å²) in [5.74, 6) is 0. The molecule has 82 valence electrons. The van der Waals surface area contributed by atoms with Gasteiger partial charge in [-0.05, 0) is 36.4 Å². The Kier molecular flexibility index (Phi) is 4.02. The summed E-state index contributed by atoms with van der Waals surface area (Å²) in [7, 11) is -1.36. The molecule has 0 aliphatic carbocycles. The van der Waals surface area contributed by atoms with Crippen LogP contribution in [0.2, 0.25) is 0 Å². The second-order valence-corrected chi connectivity index (χ2v) is 3.78. The van der Waals surface area contributed by atoms with Crippen LogP contribution in [0.15, 0.2) is 12.1 Å². The van der Waals surface area contributed by atoms with Crippen molar-refractivity contribution in [1.82, 2.24) is 0 Å². The number of hydrogen-bond acceptors (Lipinski definition) is 3. The third-order valence-electron chi connectivity index (χ3n) is 2.66. The van der Waals surface area contributed by atoms with Crippen LogP contribution >= 0.6 is 12.4 Å². The number of rotatable bonds is 1. The van der Waals surface area contributed by atoms with E-state index in [2.05, 4.69) is 5.32 Å². The number of benzene rings is 1. The SMILES string of the molecule is Cc1cc(B(O)O)cc2c1NCCC2.Cl. The molecule has 1 aromatic carbocycles. The summed E-state index contributed by atoms with van der Waals surface area (Å²) < 4.78 is 0. The number of hydrogen-bond donors (Lipinski definition) is 3. The zero-order chi connectivity index (χ0) is 10.1. The maximum atomic E-state index is 9.08. The van der Waals surface area contributed by atoms with Crippen LogP contribution in [-0.2, 0) is 6.42 Å². The lowest BCUT2D eigenvalue weighted by molar-refractivity contribution is 0.425. The highest BCUT2D eigenvalue weighted by atomic mass is 35.5. The molecule has 0 radical (unpaired) electrons. The molecule has 0 saturated carbocycles. The van der Waals surface area contributed by atoms with Gasteiger partial charge in [0.05, 0.1) is 0 Å². The fraction of sp³-hybridized carbons (Fsp3) is 0.400. The Balaban J connectivity index is 0.00000112. The van der Waals surface area contributed by atoms with Crippen molar-refractivity contribution in [1.29, 1.82) is 0 Å². The first kappa shape index (κ1) is 12.4. The molecule has 0 amide bonds. The number of anilines is 1. The zero-order valence-corrected chi connectivity index (χ0v) is 9.47. The van der Waals surface area contributed by atoms with Gasteiger partial charge < -0.3 is 15.4 Å². The number of nitrogens with one attached hydrogen (secondary N) is 1. The Morgan fingerprint density at radius 3 is 2.73 bits per heavy atom. The summed E-state index contributed by atoms with van der Waals surface area (Å²) >= 11 is 0. The molecule has 1 aliphatic rings. The van der Waals surface area contributed by atoms with Crippen molar-refractivity contribution in [2.75, 3.05) is 11.9 Å². The minimum Gasteiger partial charge on any atom is -0.423 e. The lowest BCUT2D eigenvalue weighted by Crippen LogP contribution is -2.31. The first-order valence-electron chi connectivity index (χ1n) is 4.92. The first-order valence-corrected chi connectivity index (χ1v) is 4.92. The molecule has 0 aromatic heterocycles. The van der Waals surface area contributed by atoms with E-state index in [1.165, 1.54) is 11.3 Å². The van der Waals surface area contributed by atoms with Crippen molar-refractivity contribution in [3.63, 3.8) is 0 Å². The maximum Gasteiger partial charge on any atom is 0.488 e. The van der Waals surface area contributed by atoms with E-state index in [1.807, 2.05) is 19.1 Å². The van der Waals surface area contributed by atoms with Crippen molar-refractivity contribution >= 4 is 30.7 Å². The summed E-state index contributed by atoms with van der Waals surface area (Å²) in [5.41, 5.74) is 4.04. The monoisotopic (exact) mass is 227 g/mol. The highest BCUT2D eigenvalue weighted by molar-refractivity contribution is 6.58. The van der Waals surface area contributed by atoms with E-state index < -0.39 is 7.12 Å². The van der Waals surface area contributed by atoms with Crippen LogP contribution in [0.1, 0.15) is 17.5 Å².